The Morgan fingerprint density at radius 2 is 2.12 bits per heavy atom. The molecule has 9 nitrogen and oxygen atoms in total. The molecule has 126 valence electrons. The lowest BCUT2D eigenvalue weighted by Crippen LogP contribution is -2.12. The van der Waals surface area contributed by atoms with E-state index in [2.05, 4.69) is 10.1 Å². The Bertz CT molecular complexity index is 748. The van der Waals surface area contributed by atoms with Crippen molar-refractivity contribution in [2.45, 2.75) is 13.8 Å². The van der Waals surface area contributed by atoms with Crippen molar-refractivity contribution >= 4 is 23.1 Å². The van der Waals surface area contributed by atoms with Gasteiger partial charge in [0.25, 0.3) is 5.69 Å². The van der Waals surface area contributed by atoms with Crippen LogP contribution in [-0.4, -0.2) is 30.3 Å². The summed E-state index contributed by atoms with van der Waals surface area (Å²) in [6.07, 6.45) is 0.889. The molecule has 0 bridgehead atoms. The number of carbonyl (C=O) groups is 2. The molecule has 1 aromatic carbocycles. The van der Waals surface area contributed by atoms with Crippen molar-refractivity contribution in [3.05, 3.63) is 39.6 Å². The maximum atomic E-state index is 12.4. The van der Waals surface area contributed by atoms with Crippen molar-refractivity contribution in [2.24, 2.45) is 0 Å². The number of nitrogens with zero attached hydrogens (tertiary/aromatic N) is 2. The Hall–Kier alpha value is -3.41. The fourth-order valence-electron chi connectivity index (χ4n) is 1.86. The molecule has 0 spiro atoms. The molecule has 0 aliphatic carbocycles. The van der Waals surface area contributed by atoms with Gasteiger partial charge < -0.3 is 14.8 Å². The molecule has 1 aromatic rings. The number of nitro groups is 1. The van der Waals surface area contributed by atoms with Crippen LogP contribution in [0.2, 0.25) is 0 Å². The second-order valence-electron chi connectivity index (χ2n) is 4.44. The monoisotopic (exact) mass is 333 g/mol. The summed E-state index contributed by atoms with van der Waals surface area (Å²) in [4.78, 5) is 34.2. The van der Waals surface area contributed by atoms with E-state index in [-0.39, 0.29) is 23.6 Å². The minimum absolute atomic E-state index is 0.0465. The lowest BCUT2D eigenvalue weighted by atomic mass is 10.0. The third-order valence-corrected chi connectivity index (χ3v) is 2.75. The second-order valence-corrected chi connectivity index (χ2v) is 4.44. The Morgan fingerprint density at radius 1 is 1.46 bits per heavy atom. The highest BCUT2D eigenvalue weighted by molar-refractivity contribution is 6.14. The number of anilines is 1. The normalized spacial score (nSPS) is 10.5. The first-order chi connectivity index (χ1) is 11.3. The highest BCUT2D eigenvalue weighted by Crippen LogP contribution is 2.34. The molecule has 24 heavy (non-hydrogen) atoms. The number of nitrogens with one attached hydrogen (secondary N) is 1. The highest BCUT2D eigenvalue weighted by Gasteiger charge is 2.27. The number of allylic oxidation sites excluding steroid dienone is 1. The minimum Gasteiger partial charge on any atom is -0.503 e. The van der Waals surface area contributed by atoms with Gasteiger partial charge in [-0.15, -0.1) is 0 Å². The zero-order valence-corrected chi connectivity index (χ0v) is 13.3. The fraction of sp³-hybridized carbons (Fsp3) is 0.267. The smallest absolute Gasteiger partial charge is 0.284 e. The van der Waals surface area contributed by atoms with Crippen LogP contribution in [0.1, 0.15) is 24.2 Å². The van der Waals surface area contributed by atoms with Crippen LogP contribution >= 0.6 is 0 Å². The van der Waals surface area contributed by atoms with Gasteiger partial charge in [0.1, 0.15) is 29.2 Å². The van der Waals surface area contributed by atoms with Crippen LogP contribution in [0.5, 0.6) is 5.75 Å². The number of Topliss-reactive ketones (excluding diaryl/α,β-unsaturated/α-hetero) is 1. The van der Waals surface area contributed by atoms with Gasteiger partial charge in [0.05, 0.1) is 30.4 Å². The maximum absolute atomic E-state index is 12.4. The van der Waals surface area contributed by atoms with Crippen LogP contribution in [0.4, 0.5) is 11.4 Å². The summed E-state index contributed by atoms with van der Waals surface area (Å²) in [6.45, 7) is 3.10. The number of rotatable bonds is 7. The molecular weight excluding hydrogens is 318 g/mol. The first kappa shape index (κ1) is 18.6. The quantitative estimate of drug-likeness (QED) is 0.202. The largest absolute Gasteiger partial charge is 0.503 e. The van der Waals surface area contributed by atoms with Crippen molar-refractivity contribution in [3.8, 4) is 11.8 Å². The van der Waals surface area contributed by atoms with Crippen LogP contribution in [-0.2, 0) is 9.53 Å². The Kier molecular flexibility index (Phi) is 6.43. The number of nitro benzene ring substituents is 1. The summed E-state index contributed by atoms with van der Waals surface area (Å²) in [7, 11) is 1.24. The lowest BCUT2D eigenvalue weighted by Gasteiger charge is -2.12. The topological polar surface area (TPSA) is 132 Å². The van der Waals surface area contributed by atoms with E-state index >= 15 is 0 Å². The summed E-state index contributed by atoms with van der Waals surface area (Å²) in [5, 5.41) is 22.7. The Labute approximate surface area is 137 Å². The first-order valence-electron chi connectivity index (χ1n) is 6.76. The number of nitriles is 1. The van der Waals surface area contributed by atoms with Crippen LogP contribution < -0.4 is 10.1 Å². The molecule has 0 aliphatic rings. The third kappa shape index (κ3) is 4.30. The standard InChI is InChI=1S/C15H15N3O6/c1-4-24-14-6-13(18(21)22)11(5-12(14)17-9(2)19)15(20)10(7-16)8-23-3/h5-6,8H,4H2,1-3H3,(H,17,19). The SMILES string of the molecule is CCOc1cc([N+](=O)[O-])c(C(=O)C(C#N)=COC)cc1NC(C)=O. The molecule has 0 unspecified atom stereocenters. The summed E-state index contributed by atoms with van der Waals surface area (Å²) in [6, 6.07) is 3.75. The van der Waals surface area contributed by atoms with E-state index in [0.29, 0.717) is 0 Å². The third-order valence-electron chi connectivity index (χ3n) is 2.75. The second kappa shape index (κ2) is 8.28. The van der Waals surface area contributed by atoms with E-state index in [1.165, 1.54) is 14.0 Å². The van der Waals surface area contributed by atoms with Crippen molar-refractivity contribution in [1.29, 1.82) is 5.26 Å². The molecule has 0 heterocycles. The van der Waals surface area contributed by atoms with E-state index < -0.39 is 27.9 Å². The summed E-state index contributed by atoms with van der Waals surface area (Å²) >= 11 is 0. The molecule has 0 radical (unpaired) electrons. The van der Waals surface area contributed by atoms with E-state index in [0.717, 1.165) is 18.4 Å². The predicted molar refractivity (Wildman–Crippen MR) is 83.6 cm³/mol. The lowest BCUT2D eigenvalue weighted by molar-refractivity contribution is -0.385. The van der Waals surface area contributed by atoms with Gasteiger partial charge in [0, 0.05) is 6.92 Å². The number of methoxy groups -OCH3 is 1. The average molecular weight is 333 g/mol. The van der Waals surface area contributed by atoms with Crippen molar-refractivity contribution in [3.63, 3.8) is 0 Å². The first-order valence-corrected chi connectivity index (χ1v) is 6.76. The molecule has 1 rings (SSSR count). The van der Waals surface area contributed by atoms with Gasteiger partial charge in [-0.2, -0.15) is 5.26 Å². The fourth-order valence-corrected chi connectivity index (χ4v) is 1.86. The Morgan fingerprint density at radius 3 is 2.58 bits per heavy atom. The minimum atomic E-state index is -0.902. The molecule has 1 N–H and O–H groups in total. The summed E-state index contributed by atoms with van der Waals surface area (Å²) in [5.74, 6) is -1.30. The number of benzene rings is 1. The predicted octanol–water partition coefficient (Wildman–Crippen LogP) is 2.19. The van der Waals surface area contributed by atoms with E-state index in [1.54, 1.807) is 13.0 Å². The highest BCUT2D eigenvalue weighted by atomic mass is 16.6. The maximum Gasteiger partial charge on any atom is 0.284 e. The molecular formula is C15H15N3O6. The van der Waals surface area contributed by atoms with E-state index in [4.69, 9.17) is 10.00 Å². The molecule has 0 saturated carbocycles. The summed E-state index contributed by atoms with van der Waals surface area (Å²) < 4.78 is 9.89. The molecule has 1 amide bonds. The number of hydrogen-bond donors (Lipinski definition) is 1. The molecule has 0 aromatic heterocycles. The zero-order chi connectivity index (χ0) is 18.3. The van der Waals surface area contributed by atoms with Gasteiger partial charge in [-0.25, -0.2) is 0 Å². The van der Waals surface area contributed by atoms with E-state index in [9.17, 15) is 19.7 Å². The van der Waals surface area contributed by atoms with Gasteiger partial charge in [-0.1, -0.05) is 0 Å². The summed E-state index contributed by atoms with van der Waals surface area (Å²) in [5.41, 5.74) is -1.24. The molecule has 0 aliphatic heterocycles. The van der Waals surface area contributed by atoms with Gasteiger partial charge in [0.2, 0.25) is 11.7 Å². The number of amides is 1. The molecule has 9 heteroatoms. The Balaban J connectivity index is 3.59. The molecule has 0 atom stereocenters. The van der Waals surface area contributed by atoms with Crippen molar-refractivity contribution in [1.82, 2.24) is 0 Å². The van der Waals surface area contributed by atoms with Crippen LogP contribution in [0.15, 0.2) is 24.0 Å². The number of ether oxygens (including phenoxy) is 2. The van der Waals surface area contributed by atoms with Crippen LogP contribution in [0.3, 0.4) is 0 Å². The molecule has 0 saturated heterocycles. The number of ketones is 1. The van der Waals surface area contributed by atoms with Crippen LogP contribution in [0.25, 0.3) is 0 Å². The number of carbonyl (C=O) groups excluding carboxylic acids is 2. The van der Waals surface area contributed by atoms with Gasteiger partial charge in [-0.3, -0.25) is 19.7 Å². The van der Waals surface area contributed by atoms with Crippen molar-refractivity contribution < 1.29 is 24.0 Å². The number of hydrogen-bond acceptors (Lipinski definition) is 7. The average Bonchev–Trinajstić information content (AvgIpc) is 2.52. The molecule has 0 fully saturated rings. The van der Waals surface area contributed by atoms with Gasteiger partial charge in [-0.05, 0) is 13.0 Å². The van der Waals surface area contributed by atoms with Gasteiger partial charge in [0.15, 0.2) is 0 Å². The van der Waals surface area contributed by atoms with Crippen molar-refractivity contribution in [2.75, 3.05) is 19.0 Å². The van der Waals surface area contributed by atoms with Crippen LogP contribution in [0, 0.1) is 21.4 Å². The van der Waals surface area contributed by atoms with Gasteiger partial charge >= 0.3 is 0 Å². The zero-order valence-electron chi connectivity index (χ0n) is 13.3. The van der Waals surface area contributed by atoms with E-state index in [1.807, 2.05) is 0 Å².